The number of hydrogen-bond acceptors (Lipinski definition) is 2. The maximum atomic E-state index is 10.6. The minimum absolute atomic E-state index is 0.421. The van der Waals surface area contributed by atoms with E-state index in [1.165, 1.54) is 12.8 Å². The van der Waals surface area contributed by atoms with Gasteiger partial charge in [-0.05, 0) is 24.7 Å². The predicted octanol–water partition coefficient (Wildman–Crippen LogP) is 1.72. The van der Waals surface area contributed by atoms with E-state index >= 15 is 0 Å². The summed E-state index contributed by atoms with van der Waals surface area (Å²) in [5.74, 6) is 2.16. The summed E-state index contributed by atoms with van der Waals surface area (Å²) in [5.41, 5.74) is 0. The molecule has 2 aliphatic carbocycles. The molecule has 12 heavy (non-hydrogen) atoms. The molecule has 0 spiro atoms. The molecule has 0 unspecified atom stereocenters. The second kappa shape index (κ2) is 3.00. The highest BCUT2D eigenvalue weighted by molar-refractivity contribution is 5.85. The number of ketones is 2. The number of carbonyl (C=O) groups is 2. The molecule has 0 aromatic heterocycles. The van der Waals surface area contributed by atoms with Crippen LogP contribution in [0.1, 0.15) is 38.5 Å². The summed E-state index contributed by atoms with van der Waals surface area (Å²) in [6.07, 6.45) is 5.57. The molecule has 0 bridgehead atoms. The number of Topliss-reactive ketones (excluding diaryl/α,β-unsaturated/α-hetero) is 2. The normalized spacial score (nSPS) is 25.3. The highest BCUT2D eigenvalue weighted by Gasteiger charge is 2.30. The first-order valence-electron chi connectivity index (χ1n) is 4.77. The van der Waals surface area contributed by atoms with Crippen LogP contribution in [0.5, 0.6) is 0 Å². The van der Waals surface area contributed by atoms with Crippen LogP contribution in [0.3, 0.4) is 0 Å². The van der Waals surface area contributed by atoms with E-state index in [9.17, 15) is 9.59 Å². The third-order valence-corrected chi connectivity index (χ3v) is 3.05. The molecule has 2 fully saturated rings. The summed E-state index contributed by atoms with van der Waals surface area (Å²) in [5, 5.41) is 0. The summed E-state index contributed by atoms with van der Waals surface area (Å²) in [7, 11) is 0. The van der Waals surface area contributed by atoms with Crippen LogP contribution < -0.4 is 0 Å². The van der Waals surface area contributed by atoms with Gasteiger partial charge in [-0.25, -0.2) is 0 Å². The van der Waals surface area contributed by atoms with Crippen molar-refractivity contribution in [2.24, 2.45) is 11.8 Å². The van der Waals surface area contributed by atoms with Gasteiger partial charge in [-0.3, -0.25) is 9.59 Å². The second-order valence-corrected chi connectivity index (χ2v) is 4.20. The molecule has 0 radical (unpaired) electrons. The molecule has 2 aliphatic rings. The third kappa shape index (κ3) is 1.57. The van der Waals surface area contributed by atoms with Crippen molar-refractivity contribution in [3.63, 3.8) is 0 Å². The Hall–Kier alpha value is -0.660. The maximum absolute atomic E-state index is 10.6. The van der Waals surface area contributed by atoms with E-state index in [2.05, 4.69) is 0 Å². The first-order valence-corrected chi connectivity index (χ1v) is 4.77. The zero-order valence-corrected chi connectivity index (χ0v) is 7.21. The van der Waals surface area contributed by atoms with Crippen molar-refractivity contribution in [2.75, 3.05) is 0 Å². The molecule has 0 aromatic carbocycles. The SMILES string of the molecule is O=C1CC(CCC2CC(=O)C2)C1. The fourth-order valence-corrected chi connectivity index (χ4v) is 2.05. The van der Waals surface area contributed by atoms with E-state index < -0.39 is 0 Å². The highest BCUT2D eigenvalue weighted by Crippen LogP contribution is 2.33. The molecule has 2 saturated carbocycles. The van der Waals surface area contributed by atoms with Gasteiger partial charge in [0.2, 0.25) is 0 Å². The van der Waals surface area contributed by atoms with E-state index in [-0.39, 0.29) is 0 Å². The summed E-state index contributed by atoms with van der Waals surface area (Å²) in [6.45, 7) is 0. The van der Waals surface area contributed by atoms with Crippen LogP contribution in [0, 0.1) is 11.8 Å². The van der Waals surface area contributed by atoms with Crippen LogP contribution in [0.4, 0.5) is 0 Å². The van der Waals surface area contributed by atoms with E-state index in [1.807, 2.05) is 0 Å². The third-order valence-electron chi connectivity index (χ3n) is 3.05. The van der Waals surface area contributed by atoms with Gasteiger partial charge in [-0.15, -0.1) is 0 Å². The molecule has 2 rings (SSSR count). The van der Waals surface area contributed by atoms with Gasteiger partial charge in [0.15, 0.2) is 0 Å². The molecule has 0 saturated heterocycles. The first kappa shape index (κ1) is 7.96. The topological polar surface area (TPSA) is 34.1 Å². The quantitative estimate of drug-likeness (QED) is 0.639. The van der Waals surface area contributed by atoms with Gasteiger partial charge in [0.05, 0.1) is 0 Å². The lowest BCUT2D eigenvalue weighted by atomic mass is 9.74. The van der Waals surface area contributed by atoms with Gasteiger partial charge in [-0.1, -0.05) is 0 Å². The fourth-order valence-electron chi connectivity index (χ4n) is 2.05. The first-order chi connectivity index (χ1) is 5.74. The average Bonchev–Trinajstić information content (AvgIpc) is 1.91. The zero-order valence-electron chi connectivity index (χ0n) is 7.21. The minimum Gasteiger partial charge on any atom is -0.300 e. The van der Waals surface area contributed by atoms with Gasteiger partial charge in [-0.2, -0.15) is 0 Å². The van der Waals surface area contributed by atoms with Gasteiger partial charge < -0.3 is 0 Å². The lowest BCUT2D eigenvalue weighted by Crippen LogP contribution is -2.27. The van der Waals surface area contributed by atoms with Crippen LogP contribution in [0.15, 0.2) is 0 Å². The molecule has 66 valence electrons. The smallest absolute Gasteiger partial charge is 0.133 e. The Labute approximate surface area is 72.3 Å². The molecule has 0 N–H and O–H groups in total. The summed E-state index contributed by atoms with van der Waals surface area (Å²) in [6, 6.07) is 0. The van der Waals surface area contributed by atoms with Crippen molar-refractivity contribution in [1.29, 1.82) is 0 Å². The van der Waals surface area contributed by atoms with Crippen molar-refractivity contribution < 1.29 is 9.59 Å². The predicted molar refractivity (Wildman–Crippen MR) is 44.7 cm³/mol. The Morgan fingerprint density at radius 2 is 1.17 bits per heavy atom. The molecular weight excluding hydrogens is 152 g/mol. The van der Waals surface area contributed by atoms with E-state index in [1.54, 1.807) is 0 Å². The minimum atomic E-state index is 0.421. The monoisotopic (exact) mass is 166 g/mol. The number of carbonyl (C=O) groups excluding carboxylic acids is 2. The number of rotatable bonds is 3. The van der Waals surface area contributed by atoms with Crippen molar-refractivity contribution >= 4 is 11.6 Å². The van der Waals surface area contributed by atoms with Gasteiger partial charge in [0.25, 0.3) is 0 Å². The summed E-state index contributed by atoms with van der Waals surface area (Å²) in [4.78, 5) is 21.3. The van der Waals surface area contributed by atoms with Crippen LogP contribution in [0.2, 0.25) is 0 Å². The van der Waals surface area contributed by atoms with Crippen LogP contribution in [0.25, 0.3) is 0 Å². The molecule has 0 aromatic rings. The maximum Gasteiger partial charge on any atom is 0.133 e. The Morgan fingerprint density at radius 3 is 1.42 bits per heavy atom. The van der Waals surface area contributed by atoms with Crippen LogP contribution in [-0.4, -0.2) is 11.6 Å². The Kier molecular flexibility index (Phi) is 1.99. The molecule has 0 aliphatic heterocycles. The molecule has 0 heterocycles. The molecule has 0 atom stereocenters. The van der Waals surface area contributed by atoms with Crippen molar-refractivity contribution in [3.05, 3.63) is 0 Å². The Balaban J connectivity index is 1.58. The van der Waals surface area contributed by atoms with E-state index in [4.69, 9.17) is 0 Å². The summed E-state index contributed by atoms with van der Waals surface area (Å²) >= 11 is 0. The second-order valence-electron chi connectivity index (χ2n) is 4.20. The summed E-state index contributed by atoms with van der Waals surface area (Å²) < 4.78 is 0. The zero-order chi connectivity index (χ0) is 8.55. The van der Waals surface area contributed by atoms with E-state index in [0.29, 0.717) is 23.4 Å². The number of hydrogen-bond donors (Lipinski definition) is 0. The van der Waals surface area contributed by atoms with E-state index in [0.717, 1.165) is 25.7 Å². The average molecular weight is 166 g/mol. The molecule has 2 heteroatoms. The van der Waals surface area contributed by atoms with Gasteiger partial charge in [0, 0.05) is 25.7 Å². The fraction of sp³-hybridized carbons (Fsp3) is 0.800. The van der Waals surface area contributed by atoms with Gasteiger partial charge >= 0.3 is 0 Å². The lowest BCUT2D eigenvalue weighted by Gasteiger charge is -2.29. The van der Waals surface area contributed by atoms with Crippen LogP contribution in [-0.2, 0) is 9.59 Å². The van der Waals surface area contributed by atoms with Crippen molar-refractivity contribution in [2.45, 2.75) is 38.5 Å². The Morgan fingerprint density at radius 1 is 0.833 bits per heavy atom. The largest absolute Gasteiger partial charge is 0.300 e. The standard InChI is InChI=1S/C10H14O2/c11-9-3-7(4-9)1-2-8-5-10(12)6-8/h7-8H,1-6H2. The highest BCUT2D eigenvalue weighted by atomic mass is 16.1. The van der Waals surface area contributed by atoms with Crippen LogP contribution >= 0.6 is 0 Å². The Bertz CT molecular complexity index is 180. The van der Waals surface area contributed by atoms with Crippen molar-refractivity contribution in [3.8, 4) is 0 Å². The lowest BCUT2D eigenvalue weighted by molar-refractivity contribution is -0.129. The van der Waals surface area contributed by atoms with Crippen molar-refractivity contribution in [1.82, 2.24) is 0 Å². The molecule has 2 nitrogen and oxygen atoms in total. The van der Waals surface area contributed by atoms with Gasteiger partial charge in [0.1, 0.15) is 11.6 Å². The molecule has 0 amide bonds. The molecular formula is C10H14O2.